The lowest BCUT2D eigenvalue weighted by molar-refractivity contribution is 0.375. The van der Waals surface area contributed by atoms with E-state index in [9.17, 15) is 0 Å². The van der Waals surface area contributed by atoms with Crippen LogP contribution >= 0.6 is 11.8 Å². The Morgan fingerprint density at radius 1 is 1.55 bits per heavy atom. The Morgan fingerprint density at radius 2 is 2.35 bits per heavy atom. The third-order valence-electron chi connectivity index (χ3n) is 3.37. The van der Waals surface area contributed by atoms with Crippen molar-refractivity contribution in [3.8, 4) is 0 Å². The Hall–Kier alpha value is -1.17. The predicted molar refractivity (Wildman–Crippen MR) is 86.1 cm³/mol. The lowest BCUT2D eigenvalue weighted by Gasteiger charge is -2.39. The number of hydrogen-bond donors (Lipinski definition) is 1. The van der Waals surface area contributed by atoms with Gasteiger partial charge in [-0.1, -0.05) is 0 Å². The van der Waals surface area contributed by atoms with E-state index in [-0.39, 0.29) is 0 Å². The van der Waals surface area contributed by atoms with Crippen molar-refractivity contribution >= 4 is 17.7 Å². The quantitative estimate of drug-likeness (QED) is 0.681. The van der Waals surface area contributed by atoms with Gasteiger partial charge in [-0.25, -0.2) is 4.99 Å². The molecule has 6 heteroatoms. The molecule has 1 aliphatic heterocycles. The van der Waals surface area contributed by atoms with E-state index in [0.717, 1.165) is 37.0 Å². The van der Waals surface area contributed by atoms with Crippen LogP contribution in [-0.4, -0.2) is 50.8 Å². The van der Waals surface area contributed by atoms with Gasteiger partial charge < -0.3 is 10.2 Å². The number of guanidine groups is 1. The molecule has 0 atom stereocenters. The molecular weight excluding hydrogens is 270 g/mol. The van der Waals surface area contributed by atoms with Crippen LogP contribution in [0.2, 0.25) is 0 Å². The first kappa shape index (κ1) is 15.2. The molecule has 0 spiro atoms. The third kappa shape index (κ3) is 3.91. The summed E-state index contributed by atoms with van der Waals surface area (Å²) in [6.07, 6.45) is 1.82. The van der Waals surface area contributed by atoms with Gasteiger partial charge in [0.25, 0.3) is 0 Å². The standard InChI is InChI=1S/C14H25N5S/c1-5-15-13(16-10-12-6-7-17-18(12)4)19-8-9-20-14(2,3)11-19/h6-7H,5,8-11H2,1-4H3,(H,15,16). The van der Waals surface area contributed by atoms with E-state index in [1.165, 1.54) is 0 Å². The molecule has 1 aromatic heterocycles. The van der Waals surface area contributed by atoms with E-state index in [1.54, 1.807) is 0 Å². The zero-order valence-corrected chi connectivity index (χ0v) is 13.7. The second-order valence-corrected chi connectivity index (χ2v) is 7.45. The summed E-state index contributed by atoms with van der Waals surface area (Å²) in [6, 6.07) is 2.02. The van der Waals surface area contributed by atoms with Gasteiger partial charge in [-0.2, -0.15) is 16.9 Å². The second kappa shape index (κ2) is 6.52. The number of aromatic nitrogens is 2. The third-order valence-corrected chi connectivity index (χ3v) is 4.67. The van der Waals surface area contributed by atoms with Crippen molar-refractivity contribution in [2.24, 2.45) is 12.0 Å². The number of nitrogens with zero attached hydrogens (tertiary/aromatic N) is 4. The molecule has 1 saturated heterocycles. The largest absolute Gasteiger partial charge is 0.357 e. The van der Waals surface area contributed by atoms with Crippen LogP contribution in [0.4, 0.5) is 0 Å². The van der Waals surface area contributed by atoms with E-state index in [4.69, 9.17) is 4.99 Å². The van der Waals surface area contributed by atoms with Crippen molar-refractivity contribution in [1.82, 2.24) is 20.0 Å². The van der Waals surface area contributed by atoms with Crippen LogP contribution < -0.4 is 5.32 Å². The van der Waals surface area contributed by atoms with Gasteiger partial charge in [-0.15, -0.1) is 0 Å². The van der Waals surface area contributed by atoms with Crippen molar-refractivity contribution in [3.63, 3.8) is 0 Å². The minimum absolute atomic E-state index is 0.293. The Labute approximate surface area is 125 Å². The predicted octanol–water partition coefficient (Wildman–Crippen LogP) is 1.71. The average Bonchev–Trinajstić information content (AvgIpc) is 2.79. The van der Waals surface area contributed by atoms with Gasteiger partial charge in [-0.3, -0.25) is 4.68 Å². The summed E-state index contributed by atoms with van der Waals surface area (Å²) in [5.41, 5.74) is 1.13. The minimum atomic E-state index is 0.293. The van der Waals surface area contributed by atoms with Gasteiger partial charge in [0.05, 0.1) is 12.2 Å². The molecule has 1 aliphatic rings. The molecule has 1 fully saturated rings. The summed E-state index contributed by atoms with van der Waals surface area (Å²) in [5, 5.41) is 7.60. The summed E-state index contributed by atoms with van der Waals surface area (Å²) in [7, 11) is 1.96. The first-order chi connectivity index (χ1) is 9.52. The van der Waals surface area contributed by atoms with Gasteiger partial charge in [-0.05, 0) is 26.8 Å². The number of thioether (sulfide) groups is 1. The number of rotatable bonds is 3. The Morgan fingerprint density at radius 3 is 2.95 bits per heavy atom. The number of nitrogens with one attached hydrogen (secondary N) is 1. The van der Waals surface area contributed by atoms with Crippen LogP contribution in [0.5, 0.6) is 0 Å². The van der Waals surface area contributed by atoms with E-state index < -0.39 is 0 Å². The van der Waals surface area contributed by atoms with E-state index in [0.29, 0.717) is 11.3 Å². The normalized spacial score (nSPS) is 19.2. The topological polar surface area (TPSA) is 45.5 Å². The molecule has 5 nitrogen and oxygen atoms in total. The Balaban J connectivity index is 2.07. The van der Waals surface area contributed by atoms with Crippen LogP contribution in [0.3, 0.4) is 0 Å². The van der Waals surface area contributed by atoms with Crippen molar-refractivity contribution in [1.29, 1.82) is 0 Å². The highest BCUT2D eigenvalue weighted by Gasteiger charge is 2.28. The molecule has 0 saturated carbocycles. The highest BCUT2D eigenvalue weighted by atomic mass is 32.2. The van der Waals surface area contributed by atoms with Gasteiger partial charge >= 0.3 is 0 Å². The SMILES string of the molecule is CCNC(=NCc1ccnn1C)N1CCSC(C)(C)C1. The highest BCUT2D eigenvalue weighted by molar-refractivity contribution is 8.00. The minimum Gasteiger partial charge on any atom is -0.357 e. The van der Waals surface area contributed by atoms with Crippen LogP contribution in [0.25, 0.3) is 0 Å². The van der Waals surface area contributed by atoms with Crippen molar-refractivity contribution in [2.75, 3.05) is 25.4 Å². The maximum atomic E-state index is 4.77. The summed E-state index contributed by atoms with van der Waals surface area (Å²) in [6.45, 7) is 10.4. The van der Waals surface area contributed by atoms with Crippen molar-refractivity contribution in [3.05, 3.63) is 18.0 Å². The maximum Gasteiger partial charge on any atom is 0.194 e. The average molecular weight is 295 g/mol. The summed E-state index contributed by atoms with van der Waals surface area (Å²) >= 11 is 2.04. The molecule has 1 aromatic rings. The van der Waals surface area contributed by atoms with Crippen LogP contribution in [-0.2, 0) is 13.6 Å². The van der Waals surface area contributed by atoms with Gasteiger partial charge in [0.15, 0.2) is 5.96 Å². The zero-order valence-electron chi connectivity index (χ0n) is 12.9. The fourth-order valence-electron chi connectivity index (χ4n) is 2.34. The van der Waals surface area contributed by atoms with E-state index in [1.807, 2.05) is 35.8 Å². The number of aryl methyl sites for hydroxylation is 1. The Bertz CT molecular complexity index is 466. The fraction of sp³-hybridized carbons (Fsp3) is 0.714. The number of aliphatic imine (C=N–C) groups is 1. The zero-order chi connectivity index (χ0) is 14.6. The Kier molecular flexibility index (Phi) is 4.96. The molecule has 112 valence electrons. The second-order valence-electron chi connectivity index (χ2n) is 5.65. The lowest BCUT2D eigenvalue weighted by atomic mass is 10.2. The molecule has 0 aliphatic carbocycles. The highest BCUT2D eigenvalue weighted by Crippen LogP contribution is 2.29. The summed E-state index contributed by atoms with van der Waals surface area (Å²) < 4.78 is 2.17. The first-order valence-electron chi connectivity index (χ1n) is 7.16. The summed E-state index contributed by atoms with van der Waals surface area (Å²) in [5.74, 6) is 2.17. The lowest BCUT2D eigenvalue weighted by Crippen LogP contribution is -2.50. The first-order valence-corrected chi connectivity index (χ1v) is 8.14. The monoisotopic (exact) mass is 295 g/mol. The molecule has 20 heavy (non-hydrogen) atoms. The molecule has 0 bridgehead atoms. The number of hydrogen-bond acceptors (Lipinski definition) is 3. The molecular formula is C14H25N5S. The smallest absolute Gasteiger partial charge is 0.194 e. The molecule has 0 aromatic carbocycles. The molecule has 0 amide bonds. The maximum absolute atomic E-state index is 4.77. The van der Waals surface area contributed by atoms with Gasteiger partial charge in [0, 0.05) is 43.4 Å². The van der Waals surface area contributed by atoms with Crippen LogP contribution in [0, 0.1) is 0 Å². The van der Waals surface area contributed by atoms with Crippen LogP contribution in [0.1, 0.15) is 26.5 Å². The van der Waals surface area contributed by atoms with Crippen molar-refractivity contribution < 1.29 is 0 Å². The van der Waals surface area contributed by atoms with Crippen LogP contribution in [0.15, 0.2) is 17.3 Å². The molecule has 2 rings (SSSR count). The van der Waals surface area contributed by atoms with Gasteiger partial charge in [0.1, 0.15) is 0 Å². The molecule has 0 unspecified atom stereocenters. The molecule has 0 radical (unpaired) electrons. The molecule has 1 N–H and O–H groups in total. The van der Waals surface area contributed by atoms with Gasteiger partial charge in [0.2, 0.25) is 0 Å². The van der Waals surface area contributed by atoms with E-state index in [2.05, 4.69) is 36.1 Å². The van der Waals surface area contributed by atoms with E-state index >= 15 is 0 Å². The summed E-state index contributed by atoms with van der Waals surface area (Å²) in [4.78, 5) is 7.14. The molecule has 2 heterocycles. The van der Waals surface area contributed by atoms with Crippen molar-refractivity contribution in [2.45, 2.75) is 32.1 Å². The fourth-order valence-corrected chi connectivity index (χ4v) is 3.45.